The van der Waals surface area contributed by atoms with Gasteiger partial charge in [-0.2, -0.15) is 0 Å². The molecular formula is C17H28O6. The highest BCUT2D eigenvalue weighted by atomic mass is 16.6. The van der Waals surface area contributed by atoms with Gasteiger partial charge in [-0.15, -0.1) is 0 Å². The smallest absolute Gasteiger partial charge is 0.312 e. The molecule has 0 aromatic carbocycles. The molecule has 0 bridgehead atoms. The van der Waals surface area contributed by atoms with Crippen molar-refractivity contribution in [2.75, 3.05) is 39.6 Å². The van der Waals surface area contributed by atoms with E-state index in [2.05, 4.69) is 0 Å². The van der Waals surface area contributed by atoms with Crippen LogP contribution < -0.4 is 0 Å². The predicted molar refractivity (Wildman–Crippen MR) is 82.9 cm³/mol. The van der Waals surface area contributed by atoms with Gasteiger partial charge >= 0.3 is 11.9 Å². The molecule has 2 saturated heterocycles. The predicted octanol–water partition coefficient (Wildman–Crippen LogP) is 2.10. The molecule has 2 aliphatic heterocycles. The van der Waals surface area contributed by atoms with Crippen LogP contribution in [0.2, 0.25) is 0 Å². The molecule has 2 unspecified atom stereocenters. The van der Waals surface area contributed by atoms with Crippen LogP contribution in [0.4, 0.5) is 0 Å². The molecule has 23 heavy (non-hydrogen) atoms. The van der Waals surface area contributed by atoms with E-state index in [4.69, 9.17) is 18.9 Å². The Morgan fingerprint density at radius 2 is 1.13 bits per heavy atom. The number of ether oxygens (including phenoxy) is 4. The van der Waals surface area contributed by atoms with Gasteiger partial charge in [0.2, 0.25) is 0 Å². The van der Waals surface area contributed by atoms with Crippen LogP contribution >= 0.6 is 0 Å². The lowest BCUT2D eigenvalue weighted by molar-refractivity contribution is -0.169. The molecule has 0 aromatic rings. The molecule has 2 atom stereocenters. The van der Waals surface area contributed by atoms with E-state index < -0.39 is 0 Å². The summed E-state index contributed by atoms with van der Waals surface area (Å²) in [6, 6.07) is 0. The van der Waals surface area contributed by atoms with Crippen LogP contribution in [0.3, 0.4) is 0 Å². The van der Waals surface area contributed by atoms with Crippen molar-refractivity contribution in [2.45, 2.75) is 44.9 Å². The second kappa shape index (κ2) is 10.6. The molecule has 0 radical (unpaired) electrons. The van der Waals surface area contributed by atoms with Gasteiger partial charge in [-0.1, -0.05) is 12.8 Å². The lowest BCUT2D eigenvalue weighted by Crippen LogP contribution is -2.34. The summed E-state index contributed by atoms with van der Waals surface area (Å²) < 4.78 is 20.5. The van der Waals surface area contributed by atoms with Crippen LogP contribution in [0.15, 0.2) is 0 Å². The molecule has 6 heteroatoms. The van der Waals surface area contributed by atoms with Crippen molar-refractivity contribution >= 4 is 11.9 Å². The molecule has 0 aromatic heterocycles. The third-order valence-corrected chi connectivity index (χ3v) is 4.28. The minimum absolute atomic E-state index is 0.0457. The Morgan fingerprint density at radius 1 is 0.696 bits per heavy atom. The van der Waals surface area contributed by atoms with Gasteiger partial charge in [0.05, 0.1) is 11.8 Å². The summed E-state index contributed by atoms with van der Waals surface area (Å²) in [6.45, 7) is 4.14. The first kappa shape index (κ1) is 18.2. The minimum atomic E-state index is -0.0457. The van der Waals surface area contributed by atoms with Crippen molar-refractivity contribution in [3.8, 4) is 0 Å². The molecule has 2 fully saturated rings. The number of cyclic esters (lactones) is 2. The fourth-order valence-corrected chi connectivity index (χ4v) is 2.60. The third-order valence-electron chi connectivity index (χ3n) is 4.28. The highest BCUT2D eigenvalue weighted by Crippen LogP contribution is 2.19. The molecule has 132 valence electrons. The van der Waals surface area contributed by atoms with Crippen molar-refractivity contribution < 1.29 is 28.5 Å². The average molecular weight is 328 g/mol. The van der Waals surface area contributed by atoms with Gasteiger partial charge in [0, 0.05) is 26.4 Å². The lowest BCUT2D eigenvalue weighted by atomic mass is 10.00. The normalized spacial score (nSPS) is 23.0. The maximum Gasteiger partial charge on any atom is 0.312 e. The Labute approximate surface area is 137 Å². The van der Waals surface area contributed by atoms with Gasteiger partial charge in [-0.3, -0.25) is 9.59 Å². The number of carbonyl (C=O) groups excluding carboxylic acids is 2. The molecule has 6 nitrogen and oxygen atoms in total. The molecule has 0 spiro atoms. The topological polar surface area (TPSA) is 71.1 Å². The second-order valence-corrected chi connectivity index (χ2v) is 6.22. The second-order valence-electron chi connectivity index (χ2n) is 6.22. The Kier molecular flexibility index (Phi) is 8.39. The standard InChI is InChI=1S/C17H28O6/c18-16-14(12-22-16)6-1-3-8-20-10-5-11-21-9-4-2-7-15-13-23-17(15)19/h14-15H,1-13H2. The molecule has 2 aliphatic rings. The van der Waals surface area contributed by atoms with Crippen LogP contribution in [0.25, 0.3) is 0 Å². The highest BCUT2D eigenvalue weighted by Gasteiger charge is 2.30. The van der Waals surface area contributed by atoms with Crippen LogP contribution in [0.1, 0.15) is 44.9 Å². The molecule has 2 rings (SSSR count). The largest absolute Gasteiger partial charge is 0.464 e. The first-order valence-electron chi connectivity index (χ1n) is 8.76. The summed E-state index contributed by atoms with van der Waals surface area (Å²) in [4.78, 5) is 21.9. The van der Waals surface area contributed by atoms with E-state index in [1.165, 1.54) is 0 Å². The third kappa shape index (κ3) is 6.87. The van der Waals surface area contributed by atoms with Gasteiger partial charge in [-0.25, -0.2) is 0 Å². The molecule has 0 saturated carbocycles. The van der Waals surface area contributed by atoms with E-state index in [9.17, 15) is 9.59 Å². The molecule has 0 amide bonds. The summed E-state index contributed by atoms with van der Waals surface area (Å²) in [6.07, 6.45) is 6.77. The molecule has 2 heterocycles. The SMILES string of the molecule is O=C1OCC1CCCCOCCCOCCCCC1COC1=O. The summed E-state index contributed by atoms with van der Waals surface area (Å²) in [5.41, 5.74) is 0. The fraction of sp³-hybridized carbons (Fsp3) is 0.882. The van der Waals surface area contributed by atoms with Crippen molar-refractivity contribution in [1.29, 1.82) is 0 Å². The number of hydrogen-bond donors (Lipinski definition) is 0. The first-order valence-corrected chi connectivity index (χ1v) is 8.76. The molecule has 0 aliphatic carbocycles. The van der Waals surface area contributed by atoms with E-state index in [-0.39, 0.29) is 23.8 Å². The first-order chi connectivity index (χ1) is 11.3. The number of hydrogen-bond acceptors (Lipinski definition) is 6. The number of unbranched alkanes of at least 4 members (excludes halogenated alkanes) is 2. The minimum Gasteiger partial charge on any atom is -0.464 e. The Morgan fingerprint density at radius 3 is 1.48 bits per heavy atom. The molecule has 0 N–H and O–H groups in total. The summed E-state index contributed by atoms with van der Waals surface area (Å²) in [5.74, 6) is 0.183. The summed E-state index contributed by atoms with van der Waals surface area (Å²) >= 11 is 0. The van der Waals surface area contributed by atoms with Crippen LogP contribution in [0, 0.1) is 11.8 Å². The number of esters is 2. The summed E-state index contributed by atoms with van der Waals surface area (Å²) in [7, 11) is 0. The van der Waals surface area contributed by atoms with Gasteiger partial charge in [0.25, 0.3) is 0 Å². The lowest BCUT2D eigenvalue weighted by Gasteiger charge is -2.24. The van der Waals surface area contributed by atoms with Gasteiger partial charge < -0.3 is 18.9 Å². The molecular weight excluding hydrogens is 300 g/mol. The van der Waals surface area contributed by atoms with Gasteiger partial charge in [0.1, 0.15) is 13.2 Å². The van der Waals surface area contributed by atoms with Crippen molar-refractivity contribution in [3.63, 3.8) is 0 Å². The van der Waals surface area contributed by atoms with E-state index in [0.717, 1.165) is 71.4 Å². The maximum atomic E-state index is 10.9. The monoisotopic (exact) mass is 328 g/mol. The van der Waals surface area contributed by atoms with E-state index in [1.807, 2.05) is 0 Å². The highest BCUT2D eigenvalue weighted by molar-refractivity contribution is 5.77. The van der Waals surface area contributed by atoms with E-state index >= 15 is 0 Å². The quantitative estimate of drug-likeness (QED) is 0.359. The zero-order valence-electron chi connectivity index (χ0n) is 13.8. The average Bonchev–Trinajstić information content (AvgIpc) is 2.55. The van der Waals surface area contributed by atoms with Crippen LogP contribution in [-0.2, 0) is 28.5 Å². The Hall–Kier alpha value is -1.14. The zero-order chi connectivity index (χ0) is 16.3. The summed E-state index contributed by atoms with van der Waals surface area (Å²) in [5, 5.41) is 0. The van der Waals surface area contributed by atoms with Crippen molar-refractivity contribution in [2.24, 2.45) is 11.8 Å². The van der Waals surface area contributed by atoms with E-state index in [0.29, 0.717) is 13.2 Å². The number of rotatable bonds is 14. The number of carbonyl (C=O) groups is 2. The Bertz CT molecular complexity index is 336. The van der Waals surface area contributed by atoms with Crippen LogP contribution in [0.5, 0.6) is 0 Å². The van der Waals surface area contributed by atoms with Crippen molar-refractivity contribution in [3.05, 3.63) is 0 Å². The van der Waals surface area contributed by atoms with Gasteiger partial charge in [-0.05, 0) is 32.1 Å². The Balaban J connectivity index is 1.23. The van der Waals surface area contributed by atoms with Crippen molar-refractivity contribution in [1.82, 2.24) is 0 Å². The van der Waals surface area contributed by atoms with E-state index in [1.54, 1.807) is 0 Å². The van der Waals surface area contributed by atoms with Crippen LogP contribution in [-0.4, -0.2) is 51.6 Å². The maximum absolute atomic E-state index is 10.9. The van der Waals surface area contributed by atoms with Gasteiger partial charge in [0.15, 0.2) is 0 Å². The fourth-order valence-electron chi connectivity index (χ4n) is 2.60. The zero-order valence-corrected chi connectivity index (χ0v) is 13.8.